The van der Waals surface area contributed by atoms with E-state index < -0.39 is 36.7 Å². The predicted octanol–water partition coefficient (Wildman–Crippen LogP) is -1.61. The molecule has 2 aromatic heterocycles. The second kappa shape index (κ2) is 4.75. The first-order valence-corrected chi connectivity index (χ1v) is 6.25. The van der Waals surface area contributed by atoms with Crippen LogP contribution in [0.2, 0.25) is 0 Å². The number of H-pyrrole nitrogens is 2. The minimum absolute atomic E-state index is 0.124. The Hall–Kier alpha value is -1.59. The Labute approximate surface area is 116 Å². The summed E-state index contributed by atoms with van der Waals surface area (Å²) in [6, 6.07) is 0. The Morgan fingerprint density at radius 2 is 2.20 bits per heavy atom. The maximum absolute atomic E-state index is 11.6. The van der Waals surface area contributed by atoms with E-state index in [0.717, 1.165) is 0 Å². The molecule has 1 saturated heterocycles. The summed E-state index contributed by atoms with van der Waals surface area (Å²) in [4.78, 5) is 20.7. The lowest BCUT2D eigenvalue weighted by Gasteiger charge is -2.16. The molecule has 3 heterocycles. The van der Waals surface area contributed by atoms with Gasteiger partial charge in [0.25, 0.3) is 5.56 Å². The van der Waals surface area contributed by atoms with E-state index in [0.29, 0.717) is 0 Å². The van der Waals surface area contributed by atoms with Crippen LogP contribution in [0.3, 0.4) is 0 Å². The summed E-state index contributed by atoms with van der Waals surface area (Å²) in [7, 11) is 0. The van der Waals surface area contributed by atoms with E-state index in [1.54, 1.807) is 0 Å². The molecule has 1 aliphatic heterocycles. The molecule has 3 rings (SSSR count). The van der Waals surface area contributed by atoms with Gasteiger partial charge >= 0.3 is 0 Å². The number of imidazole rings is 1. The molecule has 0 saturated carbocycles. The first-order valence-electron chi connectivity index (χ1n) is 5.85. The zero-order valence-electron chi connectivity index (χ0n) is 10.1. The van der Waals surface area contributed by atoms with Gasteiger partial charge < -0.3 is 30.0 Å². The molecule has 0 spiro atoms. The fourth-order valence-corrected chi connectivity index (χ4v) is 2.57. The molecule has 0 amide bonds. The maximum Gasteiger partial charge on any atom is 0.276 e. The van der Waals surface area contributed by atoms with E-state index in [1.165, 1.54) is 10.9 Å². The zero-order valence-corrected chi connectivity index (χ0v) is 10.9. The highest BCUT2D eigenvalue weighted by atomic mass is 32.1. The number of rotatable bonds is 2. The van der Waals surface area contributed by atoms with Crippen LogP contribution in [-0.2, 0) is 4.74 Å². The van der Waals surface area contributed by atoms with Gasteiger partial charge in [0.1, 0.15) is 18.3 Å². The summed E-state index contributed by atoms with van der Waals surface area (Å²) in [5.74, 6) is 0. The van der Waals surface area contributed by atoms with Gasteiger partial charge in [-0.15, -0.1) is 0 Å². The number of aliphatic hydroxyl groups excluding tert-OH is 3. The normalized spacial score (nSPS) is 30.1. The number of fused-ring (bicyclic) bond motifs is 1. The van der Waals surface area contributed by atoms with Crippen molar-refractivity contribution in [2.45, 2.75) is 24.5 Å². The van der Waals surface area contributed by atoms with Crippen LogP contribution in [-0.4, -0.2) is 59.8 Å². The summed E-state index contributed by atoms with van der Waals surface area (Å²) < 4.78 is 6.82. The van der Waals surface area contributed by atoms with Crippen molar-refractivity contribution >= 4 is 23.4 Å². The van der Waals surface area contributed by atoms with Crippen LogP contribution in [0.4, 0.5) is 0 Å². The van der Waals surface area contributed by atoms with Crippen LogP contribution in [0.5, 0.6) is 0 Å². The SMILES string of the molecule is O=c1[nH]cnc2c1[nH]c(=S)n2[C@H]1O[C@@H](CO)[C@@H](O)[C@@H]1O. The fraction of sp³-hybridized carbons (Fsp3) is 0.500. The minimum atomic E-state index is -1.29. The number of nitrogens with zero attached hydrogens (tertiary/aromatic N) is 2. The van der Waals surface area contributed by atoms with Gasteiger partial charge in [-0.2, -0.15) is 0 Å². The first-order chi connectivity index (χ1) is 9.54. The average molecular weight is 300 g/mol. The Morgan fingerprint density at radius 1 is 1.45 bits per heavy atom. The molecule has 0 aliphatic carbocycles. The number of aromatic amines is 2. The Kier molecular flexibility index (Phi) is 3.18. The highest BCUT2D eigenvalue weighted by Crippen LogP contribution is 2.31. The molecule has 0 aromatic carbocycles. The van der Waals surface area contributed by atoms with Crippen molar-refractivity contribution < 1.29 is 20.1 Å². The van der Waals surface area contributed by atoms with E-state index in [9.17, 15) is 15.0 Å². The molecule has 108 valence electrons. The van der Waals surface area contributed by atoms with Gasteiger partial charge in [-0.1, -0.05) is 0 Å². The third-order valence-electron chi connectivity index (χ3n) is 3.28. The lowest BCUT2D eigenvalue weighted by molar-refractivity contribution is -0.0517. The molecule has 10 heteroatoms. The van der Waals surface area contributed by atoms with E-state index >= 15 is 0 Å². The smallest absolute Gasteiger partial charge is 0.276 e. The molecule has 5 N–H and O–H groups in total. The van der Waals surface area contributed by atoms with Gasteiger partial charge in [-0.25, -0.2) is 4.98 Å². The molecule has 1 aliphatic rings. The van der Waals surface area contributed by atoms with Gasteiger partial charge in [0.05, 0.1) is 12.9 Å². The molecule has 4 atom stereocenters. The van der Waals surface area contributed by atoms with Crippen molar-refractivity contribution in [3.8, 4) is 0 Å². The third kappa shape index (κ3) is 1.81. The molecule has 9 nitrogen and oxygen atoms in total. The van der Waals surface area contributed by atoms with E-state index in [4.69, 9.17) is 22.1 Å². The largest absolute Gasteiger partial charge is 0.394 e. The van der Waals surface area contributed by atoms with Gasteiger partial charge in [-0.3, -0.25) is 9.36 Å². The summed E-state index contributed by atoms with van der Waals surface area (Å²) in [5.41, 5.74) is -0.0598. The minimum Gasteiger partial charge on any atom is -0.394 e. The Morgan fingerprint density at radius 3 is 2.85 bits per heavy atom. The van der Waals surface area contributed by atoms with Crippen molar-refractivity contribution in [2.75, 3.05) is 6.61 Å². The van der Waals surface area contributed by atoms with Gasteiger partial charge in [0.2, 0.25) is 0 Å². The quantitative estimate of drug-likeness (QED) is 0.421. The van der Waals surface area contributed by atoms with Crippen molar-refractivity contribution in [1.29, 1.82) is 0 Å². The Bertz CT molecular complexity index is 752. The standard InChI is InChI=1S/C10H12N4O5S/c15-1-3-5(16)6(17)9(19-3)14-7-4(13-10(14)20)8(18)12-2-11-7/h2-3,5-6,9,15-17H,1H2,(H,13,20)(H,11,12,18)/t3-,5+,6-,9-/m0/s1. The van der Waals surface area contributed by atoms with Gasteiger partial charge in [0.15, 0.2) is 22.2 Å². The predicted molar refractivity (Wildman–Crippen MR) is 68.5 cm³/mol. The van der Waals surface area contributed by atoms with Gasteiger partial charge in [0, 0.05) is 0 Å². The molecule has 0 unspecified atom stereocenters. The second-order valence-electron chi connectivity index (χ2n) is 4.46. The molecule has 0 radical (unpaired) electrons. The van der Waals surface area contributed by atoms with Crippen LogP contribution >= 0.6 is 12.2 Å². The van der Waals surface area contributed by atoms with Crippen LogP contribution < -0.4 is 5.56 Å². The monoisotopic (exact) mass is 300 g/mol. The van der Waals surface area contributed by atoms with Crippen LogP contribution in [0.15, 0.2) is 11.1 Å². The molecule has 2 aromatic rings. The lowest BCUT2D eigenvalue weighted by atomic mass is 10.1. The summed E-state index contributed by atoms with van der Waals surface area (Å²) in [5, 5.41) is 28.9. The average Bonchev–Trinajstić information content (AvgIpc) is 2.90. The summed E-state index contributed by atoms with van der Waals surface area (Å²) in [6.07, 6.45) is -3.30. The van der Waals surface area contributed by atoms with Gasteiger partial charge in [-0.05, 0) is 12.2 Å². The molecular formula is C10H12N4O5S. The molecular weight excluding hydrogens is 288 g/mol. The van der Waals surface area contributed by atoms with E-state index in [-0.39, 0.29) is 15.9 Å². The fourth-order valence-electron chi connectivity index (χ4n) is 2.28. The van der Waals surface area contributed by atoms with Crippen LogP contribution in [0, 0.1) is 4.77 Å². The molecule has 20 heavy (non-hydrogen) atoms. The summed E-state index contributed by atoms with van der Waals surface area (Å²) >= 11 is 5.10. The number of hydrogen-bond donors (Lipinski definition) is 5. The van der Waals surface area contributed by atoms with Crippen molar-refractivity contribution in [3.05, 3.63) is 21.5 Å². The maximum atomic E-state index is 11.6. The van der Waals surface area contributed by atoms with Crippen molar-refractivity contribution in [2.24, 2.45) is 0 Å². The van der Waals surface area contributed by atoms with E-state index in [2.05, 4.69) is 15.0 Å². The number of nitrogens with one attached hydrogen (secondary N) is 2. The third-order valence-corrected chi connectivity index (χ3v) is 3.58. The number of aromatic nitrogens is 4. The van der Waals surface area contributed by atoms with Crippen molar-refractivity contribution in [1.82, 2.24) is 19.5 Å². The summed E-state index contributed by atoms with van der Waals surface area (Å²) in [6.45, 7) is -0.446. The topological polar surface area (TPSA) is 136 Å². The highest BCUT2D eigenvalue weighted by Gasteiger charge is 2.44. The highest BCUT2D eigenvalue weighted by molar-refractivity contribution is 7.71. The lowest BCUT2D eigenvalue weighted by Crippen LogP contribution is -2.33. The number of hydrogen-bond acceptors (Lipinski definition) is 7. The Balaban J connectivity index is 2.16. The second-order valence-corrected chi connectivity index (χ2v) is 4.85. The number of aliphatic hydroxyl groups is 3. The van der Waals surface area contributed by atoms with E-state index in [1.807, 2.05) is 0 Å². The molecule has 1 fully saturated rings. The number of ether oxygens (including phenoxy) is 1. The zero-order chi connectivity index (χ0) is 14.4. The first kappa shape index (κ1) is 13.4. The van der Waals surface area contributed by atoms with Crippen LogP contribution in [0.25, 0.3) is 11.2 Å². The van der Waals surface area contributed by atoms with Crippen LogP contribution in [0.1, 0.15) is 6.23 Å². The van der Waals surface area contributed by atoms with Crippen molar-refractivity contribution in [3.63, 3.8) is 0 Å². The molecule has 0 bridgehead atoms.